The van der Waals surface area contributed by atoms with Gasteiger partial charge in [-0.15, -0.1) is 0 Å². The van der Waals surface area contributed by atoms with E-state index in [2.05, 4.69) is 23.5 Å². The molecule has 4 aromatic rings. The van der Waals surface area contributed by atoms with Crippen molar-refractivity contribution in [3.63, 3.8) is 0 Å². The van der Waals surface area contributed by atoms with Crippen molar-refractivity contribution in [3.05, 3.63) is 101 Å². The highest BCUT2D eigenvalue weighted by Crippen LogP contribution is 2.29. The number of anilines is 1. The van der Waals surface area contributed by atoms with Gasteiger partial charge in [0.15, 0.2) is 0 Å². The first-order valence-electron chi connectivity index (χ1n) is 11.1. The molecule has 34 heavy (non-hydrogen) atoms. The number of nitrogens with one attached hydrogen (secondary N) is 1. The Kier molecular flexibility index (Phi) is 7.04. The predicted molar refractivity (Wildman–Crippen MR) is 133 cm³/mol. The number of rotatable bonds is 8. The lowest BCUT2D eigenvalue weighted by Crippen LogP contribution is -2.12. The second kappa shape index (κ2) is 10.5. The third-order valence-corrected chi connectivity index (χ3v) is 5.63. The lowest BCUT2D eigenvalue weighted by Gasteiger charge is -2.11. The van der Waals surface area contributed by atoms with Crippen molar-refractivity contribution >= 4 is 11.6 Å². The molecule has 1 amide bonds. The van der Waals surface area contributed by atoms with Crippen LogP contribution in [0.1, 0.15) is 33.6 Å². The van der Waals surface area contributed by atoms with Gasteiger partial charge in [-0.3, -0.25) is 9.48 Å². The maximum absolute atomic E-state index is 12.9. The molecule has 0 spiro atoms. The Morgan fingerprint density at radius 3 is 2.62 bits per heavy atom. The van der Waals surface area contributed by atoms with Crippen molar-refractivity contribution < 1.29 is 9.53 Å². The zero-order valence-corrected chi connectivity index (χ0v) is 19.3. The number of amides is 1. The summed E-state index contributed by atoms with van der Waals surface area (Å²) in [6.45, 7) is 2.52. The Morgan fingerprint density at radius 2 is 1.85 bits per heavy atom. The van der Waals surface area contributed by atoms with Crippen LogP contribution < -0.4 is 10.1 Å². The van der Waals surface area contributed by atoms with Crippen molar-refractivity contribution in [1.29, 1.82) is 5.26 Å². The molecule has 0 fully saturated rings. The quantitative estimate of drug-likeness (QED) is 0.378. The number of carbonyl (C=O) groups excluding carboxylic acids is 1. The van der Waals surface area contributed by atoms with Crippen LogP contribution in [-0.4, -0.2) is 22.8 Å². The first kappa shape index (κ1) is 22.8. The van der Waals surface area contributed by atoms with Crippen LogP contribution in [0.4, 0.5) is 5.69 Å². The molecule has 0 unspecified atom stereocenters. The number of nitriles is 1. The van der Waals surface area contributed by atoms with E-state index in [9.17, 15) is 4.79 Å². The summed E-state index contributed by atoms with van der Waals surface area (Å²) in [7, 11) is 1.60. The fraction of sp³-hybridized carbons (Fsp3) is 0.179. The van der Waals surface area contributed by atoms with Crippen LogP contribution in [0.15, 0.2) is 78.9 Å². The van der Waals surface area contributed by atoms with Gasteiger partial charge in [0.1, 0.15) is 5.75 Å². The van der Waals surface area contributed by atoms with E-state index in [4.69, 9.17) is 15.1 Å². The van der Waals surface area contributed by atoms with Crippen LogP contribution in [0, 0.1) is 18.3 Å². The minimum Gasteiger partial charge on any atom is -0.497 e. The molecule has 6 nitrogen and oxygen atoms in total. The molecule has 0 atom stereocenters. The zero-order valence-electron chi connectivity index (χ0n) is 19.3. The molecule has 6 heteroatoms. The number of carbonyl (C=O) groups is 1. The Hall–Kier alpha value is -4.37. The van der Waals surface area contributed by atoms with E-state index in [1.165, 1.54) is 0 Å². The fourth-order valence-corrected chi connectivity index (χ4v) is 4.00. The van der Waals surface area contributed by atoms with Gasteiger partial charge < -0.3 is 10.1 Å². The molecule has 0 saturated heterocycles. The third kappa shape index (κ3) is 5.16. The molecule has 1 heterocycles. The third-order valence-electron chi connectivity index (χ3n) is 5.63. The van der Waals surface area contributed by atoms with Gasteiger partial charge in [0.2, 0.25) is 0 Å². The summed E-state index contributed by atoms with van der Waals surface area (Å²) in [5, 5.41) is 16.7. The summed E-state index contributed by atoms with van der Waals surface area (Å²) in [6.07, 6.45) is 1.02. The lowest BCUT2D eigenvalue weighted by atomic mass is 9.98. The summed E-state index contributed by atoms with van der Waals surface area (Å²) >= 11 is 0. The van der Waals surface area contributed by atoms with E-state index >= 15 is 0 Å². The number of methoxy groups -OCH3 is 1. The first-order valence-corrected chi connectivity index (χ1v) is 11.1. The summed E-state index contributed by atoms with van der Waals surface area (Å²) in [4.78, 5) is 12.9. The van der Waals surface area contributed by atoms with E-state index in [0.717, 1.165) is 28.1 Å². The Balaban J connectivity index is 1.62. The van der Waals surface area contributed by atoms with E-state index < -0.39 is 0 Å². The van der Waals surface area contributed by atoms with Gasteiger partial charge in [0.05, 0.1) is 37.5 Å². The van der Waals surface area contributed by atoms with E-state index in [1.54, 1.807) is 19.2 Å². The number of ether oxygens (including phenoxy) is 1. The van der Waals surface area contributed by atoms with Gasteiger partial charge in [-0.25, -0.2) is 0 Å². The highest BCUT2D eigenvalue weighted by molar-refractivity contribution is 6.04. The molecule has 0 radical (unpaired) electrons. The zero-order chi connectivity index (χ0) is 23.9. The maximum Gasteiger partial charge on any atom is 0.255 e. The Labute approximate surface area is 199 Å². The van der Waals surface area contributed by atoms with Crippen LogP contribution in [0.2, 0.25) is 0 Å². The average molecular weight is 451 g/mol. The Bertz CT molecular complexity index is 1340. The SMILES string of the molecule is COc1cccc(NC(=O)c2cccc(Cc3c(C)nn(CCC#N)c3-c3ccccc3)c2)c1. The number of hydrogen-bond donors (Lipinski definition) is 1. The molecule has 1 N–H and O–H groups in total. The first-order chi connectivity index (χ1) is 16.6. The minimum atomic E-state index is -0.181. The van der Waals surface area contributed by atoms with Crippen LogP contribution in [0.5, 0.6) is 5.75 Å². The van der Waals surface area contributed by atoms with E-state index in [0.29, 0.717) is 36.4 Å². The fourth-order valence-electron chi connectivity index (χ4n) is 4.00. The van der Waals surface area contributed by atoms with Gasteiger partial charge >= 0.3 is 0 Å². The second-order valence-electron chi connectivity index (χ2n) is 7.97. The van der Waals surface area contributed by atoms with Crippen molar-refractivity contribution in [2.24, 2.45) is 0 Å². The highest BCUT2D eigenvalue weighted by atomic mass is 16.5. The van der Waals surface area contributed by atoms with Gasteiger partial charge in [0, 0.05) is 34.9 Å². The molecule has 4 rings (SSSR count). The molecule has 0 bridgehead atoms. The van der Waals surface area contributed by atoms with Crippen LogP contribution in [0.3, 0.4) is 0 Å². The number of aryl methyl sites for hydroxylation is 2. The molecule has 0 saturated carbocycles. The monoisotopic (exact) mass is 450 g/mol. The molecule has 0 aliphatic heterocycles. The number of hydrogen-bond acceptors (Lipinski definition) is 4. The summed E-state index contributed by atoms with van der Waals surface area (Å²) < 4.78 is 7.16. The Morgan fingerprint density at radius 1 is 1.06 bits per heavy atom. The average Bonchev–Trinajstić information content (AvgIpc) is 3.18. The molecule has 0 aliphatic carbocycles. The van der Waals surface area contributed by atoms with Crippen LogP contribution in [0.25, 0.3) is 11.3 Å². The molecular formula is C28H26N4O2. The van der Waals surface area contributed by atoms with Crippen molar-refractivity contribution in [3.8, 4) is 23.1 Å². The summed E-state index contributed by atoms with van der Waals surface area (Å²) in [6, 6.07) is 27.2. The molecular weight excluding hydrogens is 424 g/mol. The molecule has 3 aromatic carbocycles. The van der Waals surface area contributed by atoms with Crippen LogP contribution in [-0.2, 0) is 13.0 Å². The number of benzene rings is 3. The largest absolute Gasteiger partial charge is 0.497 e. The van der Waals surface area contributed by atoms with Gasteiger partial charge in [-0.2, -0.15) is 10.4 Å². The normalized spacial score (nSPS) is 10.5. The van der Waals surface area contributed by atoms with Gasteiger partial charge in [-0.1, -0.05) is 48.5 Å². The summed E-state index contributed by atoms with van der Waals surface area (Å²) in [5.41, 5.74) is 6.35. The van der Waals surface area contributed by atoms with Gasteiger partial charge in [-0.05, 0) is 36.8 Å². The van der Waals surface area contributed by atoms with Crippen molar-refractivity contribution in [1.82, 2.24) is 9.78 Å². The topological polar surface area (TPSA) is 79.9 Å². The highest BCUT2D eigenvalue weighted by Gasteiger charge is 2.18. The van der Waals surface area contributed by atoms with Crippen molar-refractivity contribution in [2.75, 3.05) is 12.4 Å². The smallest absolute Gasteiger partial charge is 0.255 e. The number of nitrogens with zero attached hydrogens (tertiary/aromatic N) is 3. The minimum absolute atomic E-state index is 0.181. The molecule has 170 valence electrons. The van der Waals surface area contributed by atoms with E-state index in [1.807, 2.05) is 66.2 Å². The van der Waals surface area contributed by atoms with Crippen LogP contribution >= 0.6 is 0 Å². The van der Waals surface area contributed by atoms with E-state index in [-0.39, 0.29) is 5.91 Å². The second-order valence-corrected chi connectivity index (χ2v) is 7.97. The molecule has 0 aliphatic rings. The maximum atomic E-state index is 12.9. The number of aromatic nitrogens is 2. The lowest BCUT2D eigenvalue weighted by molar-refractivity contribution is 0.102. The summed E-state index contributed by atoms with van der Waals surface area (Å²) in [5.74, 6) is 0.503. The van der Waals surface area contributed by atoms with Crippen molar-refractivity contribution in [2.45, 2.75) is 26.3 Å². The molecule has 1 aromatic heterocycles. The standard InChI is InChI=1S/C28H26N4O2/c1-20-26(27(22-10-4-3-5-11-22)32(31-20)16-8-15-29)18-21-9-6-12-23(17-21)28(33)30-24-13-7-14-25(19-24)34-2/h3-7,9-14,17,19H,8,16,18H2,1-2H3,(H,30,33). The predicted octanol–water partition coefficient (Wildman–Crippen LogP) is 5.62. The van der Waals surface area contributed by atoms with Gasteiger partial charge in [0.25, 0.3) is 5.91 Å².